The van der Waals surface area contributed by atoms with Gasteiger partial charge in [-0.25, -0.2) is 4.79 Å². The molecule has 96 valence electrons. The second-order valence-corrected chi connectivity index (χ2v) is 5.01. The number of rotatable bonds is 4. The van der Waals surface area contributed by atoms with Crippen LogP contribution in [0.4, 0.5) is 5.69 Å². The summed E-state index contributed by atoms with van der Waals surface area (Å²) in [5.41, 5.74) is 1.88. The van der Waals surface area contributed by atoms with Crippen LogP contribution in [0, 0.1) is 0 Å². The third kappa shape index (κ3) is 2.85. The molecule has 0 bridgehead atoms. The third-order valence-electron chi connectivity index (χ3n) is 3.40. The normalized spacial score (nSPS) is 15.7. The molecule has 1 aliphatic carbocycles. The highest BCUT2D eigenvalue weighted by Crippen LogP contribution is 2.32. The molecule has 0 unspecified atom stereocenters. The molecule has 0 aromatic heterocycles. The smallest absolute Gasteiger partial charge is 0.328 e. The van der Waals surface area contributed by atoms with Crippen molar-refractivity contribution in [2.24, 2.45) is 0 Å². The molecule has 4 heteroatoms. The average Bonchev–Trinajstić information content (AvgIpc) is 2.23. The molecule has 1 aliphatic rings. The van der Waals surface area contributed by atoms with E-state index in [1.165, 1.54) is 19.3 Å². The maximum atomic E-state index is 10.6. The molecule has 0 spiro atoms. The van der Waals surface area contributed by atoms with Gasteiger partial charge in [0.15, 0.2) is 0 Å². The van der Waals surface area contributed by atoms with Gasteiger partial charge < -0.3 is 10.0 Å². The quantitative estimate of drug-likeness (QED) is 0.848. The second kappa shape index (κ2) is 5.44. The molecule has 1 aromatic carbocycles. The van der Waals surface area contributed by atoms with Crippen LogP contribution in [0.3, 0.4) is 0 Å². The van der Waals surface area contributed by atoms with Crippen molar-refractivity contribution in [2.75, 3.05) is 11.9 Å². The van der Waals surface area contributed by atoms with Crippen molar-refractivity contribution in [3.05, 3.63) is 34.9 Å². The first-order chi connectivity index (χ1) is 8.58. The van der Waals surface area contributed by atoms with Crippen molar-refractivity contribution in [3.63, 3.8) is 0 Å². The van der Waals surface area contributed by atoms with E-state index in [0.717, 1.165) is 17.3 Å². The molecule has 0 radical (unpaired) electrons. The summed E-state index contributed by atoms with van der Waals surface area (Å²) in [5.74, 6) is -0.952. The van der Waals surface area contributed by atoms with Crippen LogP contribution in [-0.4, -0.2) is 24.2 Å². The summed E-state index contributed by atoms with van der Waals surface area (Å²) in [4.78, 5) is 12.8. The van der Waals surface area contributed by atoms with Gasteiger partial charge in [-0.05, 0) is 49.1 Å². The fourth-order valence-electron chi connectivity index (χ4n) is 2.11. The molecule has 0 saturated heterocycles. The number of carboxylic acids is 1. The van der Waals surface area contributed by atoms with Gasteiger partial charge in [0.1, 0.15) is 0 Å². The van der Waals surface area contributed by atoms with Gasteiger partial charge in [0.2, 0.25) is 0 Å². The van der Waals surface area contributed by atoms with Gasteiger partial charge in [0, 0.05) is 29.9 Å². The lowest BCUT2D eigenvalue weighted by atomic mass is 9.91. The summed E-state index contributed by atoms with van der Waals surface area (Å²) in [6, 6.07) is 6.14. The molecular formula is C14H16ClNO2. The number of hydrogen-bond donors (Lipinski definition) is 1. The monoisotopic (exact) mass is 265 g/mol. The minimum absolute atomic E-state index is 0.558. The minimum Gasteiger partial charge on any atom is -0.478 e. The summed E-state index contributed by atoms with van der Waals surface area (Å²) in [6.07, 6.45) is 6.40. The van der Waals surface area contributed by atoms with Crippen molar-refractivity contribution < 1.29 is 9.90 Å². The van der Waals surface area contributed by atoms with Gasteiger partial charge >= 0.3 is 5.97 Å². The van der Waals surface area contributed by atoms with E-state index in [1.807, 2.05) is 19.2 Å². The summed E-state index contributed by atoms with van der Waals surface area (Å²) in [6.45, 7) is 0. The van der Waals surface area contributed by atoms with Crippen LogP contribution >= 0.6 is 11.6 Å². The number of hydrogen-bond acceptors (Lipinski definition) is 2. The van der Waals surface area contributed by atoms with Crippen LogP contribution in [0.2, 0.25) is 5.02 Å². The van der Waals surface area contributed by atoms with Crippen LogP contribution in [0.5, 0.6) is 0 Å². The Morgan fingerprint density at radius 2 is 2.22 bits per heavy atom. The molecule has 18 heavy (non-hydrogen) atoms. The second-order valence-electron chi connectivity index (χ2n) is 4.57. The Morgan fingerprint density at radius 3 is 2.78 bits per heavy atom. The van der Waals surface area contributed by atoms with Gasteiger partial charge in [-0.2, -0.15) is 0 Å². The fourth-order valence-corrected chi connectivity index (χ4v) is 2.29. The molecule has 1 fully saturated rings. The highest BCUT2D eigenvalue weighted by molar-refractivity contribution is 6.30. The number of aliphatic carboxylic acids is 1. The number of benzene rings is 1. The molecule has 2 rings (SSSR count). The molecule has 1 aromatic rings. The van der Waals surface area contributed by atoms with Crippen molar-refractivity contribution in [1.29, 1.82) is 0 Å². The fraction of sp³-hybridized carbons (Fsp3) is 0.357. The molecule has 1 saturated carbocycles. The van der Waals surface area contributed by atoms with Gasteiger partial charge in [-0.3, -0.25) is 0 Å². The van der Waals surface area contributed by atoms with E-state index >= 15 is 0 Å². The Hall–Kier alpha value is -1.48. The highest BCUT2D eigenvalue weighted by atomic mass is 35.5. The average molecular weight is 266 g/mol. The Balaban J connectivity index is 2.30. The van der Waals surface area contributed by atoms with E-state index in [2.05, 4.69) is 4.90 Å². The Kier molecular flexibility index (Phi) is 3.92. The zero-order chi connectivity index (χ0) is 13.1. The van der Waals surface area contributed by atoms with Crippen LogP contribution in [0.25, 0.3) is 6.08 Å². The number of halogens is 1. The Labute approximate surface area is 112 Å². The SMILES string of the molecule is CN(c1ccc(Cl)cc1/C=C/C(=O)O)C1CCC1. The minimum atomic E-state index is -0.952. The predicted molar refractivity (Wildman–Crippen MR) is 74.2 cm³/mol. The van der Waals surface area contributed by atoms with Crippen molar-refractivity contribution in [3.8, 4) is 0 Å². The van der Waals surface area contributed by atoms with E-state index in [1.54, 1.807) is 12.1 Å². The largest absolute Gasteiger partial charge is 0.478 e. The van der Waals surface area contributed by atoms with E-state index in [4.69, 9.17) is 16.7 Å². The van der Waals surface area contributed by atoms with E-state index < -0.39 is 5.97 Å². The first kappa shape index (κ1) is 13.0. The van der Waals surface area contributed by atoms with Crippen molar-refractivity contribution >= 4 is 29.3 Å². The first-order valence-corrected chi connectivity index (χ1v) is 6.39. The summed E-state index contributed by atoms with van der Waals surface area (Å²) >= 11 is 5.96. The lowest BCUT2D eigenvalue weighted by Gasteiger charge is -2.37. The summed E-state index contributed by atoms with van der Waals surface area (Å²) in [7, 11) is 2.05. The molecule has 1 N–H and O–H groups in total. The lowest BCUT2D eigenvalue weighted by molar-refractivity contribution is -0.131. The van der Waals surface area contributed by atoms with Crippen LogP contribution in [0.1, 0.15) is 24.8 Å². The molecule has 0 atom stereocenters. The highest BCUT2D eigenvalue weighted by Gasteiger charge is 2.23. The topological polar surface area (TPSA) is 40.5 Å². The number of anilines is 1. The van der Waals surface area contributed by atoms with Crippen LogP contribution in [0.15, 0.2) is 24.3 Å². The number of nitrogens with zero attached hydrogens (tertiary/aromatic N) is 1. The predicted octanol–water partition coefficient (Wildman–Crippen LogP) is 3.43. The maximum Gasteiger partial charge on any atom is 0.328 e. The molecule has 0 amide bonds. The zero-order valence-corrected chi connectivity index (χ0v) is 11.0. The summed E-state index contributed by atoms with van der Waals surface area (Å²) < 4.78 is 0. The third-order valence-corrected chi connectivity index (χ3v) is 3.63. The zero-order valence-electron chi connectivity index (χ0n) is 10.3. The Bertz CT molecular complexity index is 481. The summed E-state index contributed by atoms with van der Waals surface area (Å²) in [5, 5.41) is 9.32. The molecular weight excluding hydrogens is 250 g/mol. The molecule has 3 nitrogen and oxygen atoms in total. The van der Waals surface area contributed by atoms with E-state index in [9.17, 15) is 4.79 Å². The Morgan fingerprint density at radius 1 is 1.50 bits per heavy atom. The van der Waals surface area contributed by atoms with Gasteiger partial charge in [0.05, 0.1) is 0 Å². The van der Waals surface area contributed by atoms with E-state index in [-0.39, 0.29) is 0 Å². The number of carboxylic acid groups (broad SMARTS) is 1. The van der Waals surface area contributed by atoms with Gasteiger partial charge in [-0.1, -0.05) is 11.6 Å². The van der Waals surface area contributed by atoms with Crippen molar-refractivity contribution in [1.82, 2.24) is 0 Å². The maximum absolute atomic E-state index is 10.6. The van der Waals surface area contributed by atoms with Gasteiger partial charge in [0.25, 0.3) is 0 Å². The number of carbonyl (C=O) groups is 1. The first-order valence-electron chi connectivity index (χ1n) is 6.01. The lowest BCUT2D eigenvalue weighted by Crippen LogP contribution is -2.37. The van der Waals surface area contributed by atoms with Crippen LogP contribution in [-0.2, 0) is 4.79 Å². The molecule has 0 aliphatic heterocycles. The van der Waals surface area contributed by atoms with Crippen molar-refractivity contribution in [2.45, 2.75) is 25.3 Å². The molecule has 0 heterocycles. The van der Waals surface area contributed by atoms with Gasteiger partial charge in [-0.15, -0.1) is 0 Å². The standard InChI is InChI=1S/C14H16ClNO2/c1-16(12-3-2-4-12)13-7-6-11(15)9-10(13)5-8-14(17)18/h5-9,12H,2-4H2,1H3,(H,17,18)/b8-5+. The van der Waals surface area contributed by atoms with Crippen LogP contribution < -0.4 is 4.90 Å². The van der Waals surface area contributed by atoms with E-state index in [0.29, 0.717) is 11.1 Å².